The lowest BCUT2D eigenvalue weighted by Gasteiger charge is -2.12. The predicted octanol–water partition coefficient (Wildman–Crippen LogP) is 4.19. The van der Waals surface area contributed by atoms with Crippen molar-refractivity contribution in [3.05, 3.63) is 102 Å². The van der Waals surface area contributed by atoms with Crippen molar-refractivity contribution in [3.8, 4) is 11.3 Å². The zero-order valence-electron chi connectivity index (χ0n) is 19.6. The molecule has 0 aliphatic carbocycles. The van der Waals surface area contributed by atoms with Gasteiger partial charge in [0.25, 0.3) is 11.8 Å². The standard InChI is InChI=1S/C27H24N6O2S/c1-32-18-28-31-27(32)36-17-19-11-13-21(14-12-19)26(35)30-29-25(34)16-33-23-10-6-5-9-22(23)15-24(33)20-7-3-2-4-8-20/h2-15,18H,16-17H2,1H3,(H,29,34)(H,30,35). The minimum absolute atomic E-state index is 0.0657. The molecule has 36 heavy (non-hydrogen) atoms. The quantitative estimate of drug-likeness (QED) is 0.260. The van der Waals surface area contributed by atoms with E-state index in [1.165, 1.54) is 0 Å². The Labute approximate surface area is 212 Å². The Morgan fingerprint density at radius 2 is 1.67 bits per heavy atom. The molecule has 0 spiro atoms. The third kappa shape index (κ3) is 5.16. The van der Waals surface area contributed by atoms with Crippen molar-refractivity contribution in [3.63, 3.8) is 0 Å². The number of carbonyl (C=O) groups excluding carboxylic acids is 2. The number of carbonyl (C=O) groups is 2. The minimum Gasteiger partial charge on any atom is -0.331 e. The van der Waals surface area contributed by atoms with Gasteiger partial charge in [0.1, 0.15) is 12.9 Å². The molecule has 0 atom stereocenters. The van der Waals surface area contributed by atoms with Gasteiger partial charge in [0.15, 0.2) is 5.16 Å². The predicted molar refractivity (Wildman–Crippen MR) is 140 cm³/mol. The van der Waals surface area contributed by atoms with Gasteiger partial charge in [0.2, 0.25) is 0 Å². The maximum Gasteiger partial charge on any atom is 0.269 e. The van der Waals surface area contributed by atoms with E-state index in [1.807, 2.05) is 82.9 Å². The zero-order valence-corrected chi connectivity index (χ0v) is 20.4. The molecular weight excluding hydrogens is 472 g/mol. The topological polar surface area (TPSA) is 93.8 Å². The van der Waals surface area contributed by atoms with E-state index in [1.54, 1.807) is 30.2 Å². The molecule has 9 heteroatoms. The molecule has 2 aromatic heterocycles. The number of hydrogen-bond acceptors (Lipinski definition) is 5. The molecule has 2 N–H and O–H groups in total. The highest BCUT2D eigenvalue weighted by atomic mass is 32.2. The highest BCUT2D eigenvalue weighted by Crippen LogP contribution is 2.28. The molecule has 0 bridgehead atoms. The number of aromatic nitrogens is 4. The van der Waals surface area contributed by atoms with Crippen LogP contribution in [0.4, 0.5) is 0 Å². The van der Waals surface area contributed by atoms with Gasteiger partial charge >= 0.3 is 0 Å². The molecule has 2 heterocycles. The first kappa shape index (κ1) is 23.4. The van der Waals surface area contributed by atoms with Gasteiger partial charge in [0.05, 0.1) is 0 Å². The molecule has 0 radical (unpaired) electrons. The fraction of sp³-hybridized carbons (Fsp3) is 0.111. The lowest BCUT2D eigenvalue weighted by molar-refractivity contribution is -0.122. The van der Waals surface area contributed by atoms with Gasteiger partial charge in [0, 0.05) is 35.0 Å². The van der Waals surface area contributed by atoms with Crippen LogP contribution in [0.5, 0.6) is 0 Å². The normalized spacial score (nSPS) is 10.9. The fourth-order valence-electron chi connectivity index (χ4n) is 3.91. The van der Waals surface area contributed by atoms with Crippen molar-refractivity contribution in [2.45, 2.75) is 17.5 Å². The summed E-state index contributed by atoms with van der Waals surface area (Å²) in [6.07, 6.45) is 1.66. The van der Waals surface area contributed by atoms with Crippen molar-refractivity contribution >= 4 is 34.5 Å². The first-order valence-corrected chi connectivity index (χ1v) is 12.4. The van der Waals surface area contributed by atoms with Gasteiger partial charge in [-0.05, 0) is 35.4 Å². The Morgan fingerprint density at radius 1 is 0.917 bits per heavy atom. The molecular formula is C27H24N6O2S. The Bertz CT molecular complexity index is 1510. The molecule has 2 amide bonds. The van der Waals surface area contributed by atoms with Crippen LogP contribution in [0.15, 0.2) is 96.4 Å². The molecule has 5 rings (SSSR count). The summed E-state index contributed by atoms with van der Waals surface area (Å²) in [6.45, 7) is 0.0657. The van der Waals surface area contributed by atoms with E-state index in [0.29, 0.717) is 11.3 Å². The number of hydrogen-bond donors (Lipinski definition) is 2. The number of benzene rings is 3. The number of para-hydroxylation sites is 1. The van der Waals surface area contributed by atoms with Crippen LogP contribution >= 0.6 is 11.8 Å². The summed E-state index contributed by atoms with van der Waals surface area (Å²) >= 11 is 1.57. The van der Waals surface area contributed by atoms with Gasteiger partial charge in [-0.2, -0.15) is 0 Å². The molecule has 0 saturated carbocycles. The molecule has 5 aromatic rings. The molecule has 0 fully saturated rings. The summed E-state index contributed by atoms with van der Waals surface area (Å²) in [7, 11) is 1.89. The summed E-state index contributed by atoms with van der Waals surface area (Å²) in [5.41, 5.74) is 9.48. The van der Waals surface area contributed by atoms with Crippen LogP contribution in [0.3, 0.4) is 0 Å². The summed E-state index contributed by atoms with van der Waals surface area (Å²) in [4.78, 5) is 25.4. The van der Waals surface area contributed by atoms with Crippen molar-refractivity contribution in [1.82, 2.24) is 30.2 Å². The first-order chi connectivity index (χ1) is 17.6. The third-order valence-electron chi connectivity index (χ3n) is 5.75. The van der Waals surface area contributed by atoms with E-state index in [4.69, 9.17) is 0 Å². The van der Waals surface area contributed by atoms with Crippen LogP contribution in [-0.2, 0) is 24.1 Å². The van der Waals surface area contributed by atoms with Crippen LogP contribution < -0.4 is 10.9 Å². The second kappa shape index (κ2) is 10.5. The maximum atomic E-state index is 12.8. The Balaban J connectivity index is 1.21. The molecule has 0 unspecified atom stereocenters. The van der Waals surface area contributed by atoms with Crippen molar-refractivity contribution in [2.75, 3.05) is 0 Å². The molecule has 3 aromatic carbocycles. The second-order valence-electron chi connectivity index (χ2n) is 8.25. The van der Waals surface area contributed by atoms with Crippen molar-refractivity contribution in [1.29, 1.82) is 0 Å². The SMILES string of the molecule is Cn1cnnc1SCc1ccc(C(=O)NNC(=O)Cn2c(-c3ccccc3)cc3ccccc32)cc1. The average molecular weight is 497 g/mol. The molecule has 8 nitrogen and oxygen atoms in total. The smallest absolute Gasteiger partial charge is 0.269 e. The number of aryl methyl sites for hydroxylation is 1. The largest absolute Gasteiger partial charge is 0.331 e. The third-order valence-corrected chi connectivity index (χ3v) is 6.86. The van der Waals surface area contributed by atoms with E-state index in [9.17, 15) is 9.59 Å². The number of hydrazine groups is 1. The highest BCUT2D eigenvalue weighted by molar-refractivity contribution is 7.98. The van der Waals surface area contributed by atoms with Crippen LogP contribution in [0, 0.1) is 0 Å². The molecule has 0 aliphatic heterocycles. The number of fused-ring (bicyclic) bond motifs is 1. The number of nitrogens with one attached hydrogen (secondary N) is 2. The van der Waals surface area contributed by atoms with Gasteiger partial charge in [-0.3, -0.25) is 20.4 Å². The first-order valence-electron chi connectivity index (χ1n) is 11.4. The summed E-state index contributed by atoms with van der Waals surface area (Å²) in [6, 6.07) is 27.2. The van der Waals surface area contributed by atoms with E-state index in [0.717, 1.165) is 32.9 Å². The molecule has 0 saturated heterocycles. The molecule has 0 aliphatic rings. The molecule has 180 valence electrons. The minimum atomic E-state index is -0.378. The average Bonchev–Trinajstić information content (AvgIpc) is 3.50. The van der Waals surface area contributed by atoms with Crippen LogP contribution in [0.25, 0.3) is 22.2 Å². The maximum absolute atomic E-state index is 12.8. The number of thioether (sulfide) groups is 1. The van der Waals surface area contributed by atoms with Gasteiger partial charge in [-0.25, -0.2) is 0 Å². The fourth-order valence-corrected chi connectivity index (χ4v) is 4.76. The van der Waals surface area contributed by atoms with E-state index < -0.39 is 0 Å². The summed E-state index contributed by atoms with van der Waals surface area (Å²) < 4.78 is 3.81. The van der Waals surface area contributed by atoms with E-state index in [2.05, 4.69) is 27.1 Å². The van der Waals surface area contributed by atoms with Crippen LogP contribution in [0.1, 0.15) is 15.9 Å². The number of nitrogens with zero attached hydrogens (tertiary/aromatic N) is 4. The lowest BCUT2D eigenvalue weighted by Crippen LogP contribution is -2.43. The zero-order chi connectivity index (χ0) is 24.9. The van der Waals surface area contributed by atoms with Crippen molar-refractivity contribution in [2.24, 2.45) is 7.05 Å². The Hall–Kier alpha value is -4.37. The van der Waals surface area contributed by atoms with Gasteiger partial charge < -0.3 is 9.13 Å². The van der Waals surface area contributed by atoms with Crippen LogP contribution in [-0.4, -0.2) is 31.1 Å². The van der Waals surface area contributed by atoms with E-state index in [-0.39, 0.29) is 18.4 Å². The lowest BCUT2D eigenvalue weighted by atomic mass is 10.1. The monoisotopic (exact) mass is 496 g/mol. The number of rotatable bonds is 7. The second-order valence-corrected chi connectivity index (χ2v) is 9.20. The number of amides is 2. The Morgan fingerprint density at radius 3 is 2.42 bits per heavy atom. The highest BCUT2D eigenvalue weighted by Gasteiger charge is 2.14. The van der Waals surface area contributed by atoms with E-state index >= 15 is 0 Å². The Kier molecular flexibility index (Phi) is 6.81. The van der Waals surface area contributed by atoms with Gasteiger partial charge in [-0.1, -0.05) is 72.4 Å². The van der Waals surface area contributed by atoms with Crippen molar-refractivity contribution < 1.29 is 9.59 Å². The summed E-state index contributed by atoms with van der Waals surface area (Å²) in [5, 5.41) is 9.79. The van der Waals surface area contributed by atoms with Gasteiger partial charge in [-0.15, -0.1) is 10.2 Å². The summed E-state index contributed by atoms with van der Waals surface area (Å²) in [5.74, 6) is 0.00908. The van der Waals surface area contributed by atoms with Crippen LogP contribution in [0.2, 0.25) is 0 Å².